The Labute approximate surface area is 194 Å². The van der Waals surface area contributed by atoms with Crippen LogP contribution < -0.4 is 25.8 Å². The minimum absolute atomic E-state index is 0.269. The number of nitrogens with zero attached hydrogens (tertiary/aromatic N) is 3. The first-order valence-corrected chi connectivity index (χ1v) is 11.7. The van der Waals surface area contributed by atoms with Gasteiger partial charge in [-0.15, -0.1) is 0 Å². The normalized spacial score (nSPS) is 29.4. The van der Waals surface area contributed by atoms with Crippen molar-refractivity contribution in [3.63, 3.8) is 0 Å². The van der Waals surface area contributed by atoms with E-state index < -0.39 is 0 Å². The Hall–Kier alpha value is -3.05. The van der Waals surface area contributed by atoms with E-state index in [1.807, 2.05) is 18.2 Å². The largest absolute Gasteiger partial charge is 0.497 e. The molecular formula is C25H32N6O2. The molecule has 8 heteroatoms. The Balaban J connectivity index is 1.29. The van der Waals surface area contributed by atoms with Crippen LogP contribution in [0.15, 0.2) is 24.4 Å². The van der Waals surface area contributed by atoms with Crippen LogP contribution in [0, 0.1) is 34.5 Å². The SMILES string of the molecule is COc1ccc(OC)c(CNc2ncc(C#N)c(NC[C@]34CC5C[C@H](C3)[C@@H](N)[C@@H](C5)C4)n2)c1. The molecule has 1 unspecified atom stereocenters. The lowest BCUT2D eigenvalue weighted by molar-refractivity contribution is -0.0591. The van der Waals surface area contributed by atoms with Crippen molar-refractivity contribution in [3.05, 3.63) is 35.5 Å². The Kier molecular flexibility index (Phi) is 5.75. The molecular weight excluding hydrogens is 416 g/mol. The van der Waals surface area contributed by atoms with Gasteiger partial charge in [-0.1, -0.05) is 0 Å². The Morgan fingerprint density at radius 2 is 1.94 bits per heavy atom. The first kappa shape index (κ1) is 21.8. The number of nitrogens with one attached hydrogen (secondary N) is 2. The van der Waals surface area contributed by atoms with E-state index >= 15 is 0 Å². The molecule has 5 atom stereocenters. The molecule has 4 N–H and O–H groups in total. The van der Waals surface area contributed by atoms with E-state index in [0.29, 0.717) is 41.8 Å². The van der Waals surface area contributed by atoms with Gasteiger partial charge >= 0.3 is 0 Å². The summed E-state index contributed by atoms with van der Waals surface area (Å²) >= 11 is 0. The first-order valence-electron chi connectivity index (χ1n) is 11.7. The zero-order chi connectivity index (χ0) is 23.0. The third-order valence-electron chi connectivity index (χ3n) is 7.94. The van der Waals surface area contributed by atoms with Crippen molar-refractivity contribution in [2.24, 2.45) is 28.9 Å². The zero-order valence-corrected chi connectivity index (χ0v) is 19.3. The maximum atomic E-state index is 9.60. The van der Waals surface area contributed by atoms with Crippen molar-refractivity contribution in [2.75, 3.05) is 31.4 Å². The van der Waals surface area contributed by atoms with E-state index in [9.17, 15) is 5.26 Å². The second-order valence-corrected chi connectivity index (χ2v) is 10.00. The molecule has 4 saturated carbocycles. The van der Waals surface area contributed by atoms with Crippen LogP contribution >= 0.6 is 0 Å². The van der Waals surface area contributed by atoms with E-state index in [4.69, 9.17) is 15.2 Å². The highest BCUT2D eigenvalue weighted by Crippen LogP contribution is 2.59. The van der Waals surface area contributed by atoms with E-state index in [1.165, 1.54) is 32.1 Å². The van der Waals surface area contributed by atoms with Gasteiger partial charge in [0.05, 0.1) is 20.4 Å². The van der Waals surface area contributed by atoms with Gasteiger partial charge in [-0.25, -0.2) is 4.98 Å². The number of methoxy groups -OCH3 is 2. The molecule has 174 valence electrons. The number of aromatic nitrogens is 2. The van der Waals surface area contributed by atoms with Crippen LogP contribution in [0.2, 0.25) is 0 Å². The highest BCUT2D eigenvalue weighted by molar-refractivity contribution is 5.54. The van der Waals surface area contributed by atoms with E-state index in [2.05, 4.69) is 26.7 Å². The van der Waals surface area contributed by atoms with E-state index in [-0.39, 0.29) is 5.41 Å². The van der Waals surface area contributed by atoms with Gasteiger partial charge in [0.25, 0.3) is 0 Å². The fourth-order valence-corrected chi connectivity index (χ4v) is 6.60. The van der Waals surface area contributed by atoms with Crippen molar-refractivity contribution < 1.29 is 9.47 Å². The highest BCUT2D eigenvalue weighted by atomic mass is 16.5. The maximum Gasteiger partial charge on any atom is 0.224 e. The molecule has 4 bridgehead atoms. The smallest absolute Gasteiger partial charge is 0.224 e. The standard InChI is InChI=1S/C25H32N6O2/c1-32-20-3-4-21(33-2)18(7-20)12-28-24-29-13-19(11-26)23(31-24)30-14-25-8-15-5-16(9-25)22(27)17(6-15)10-25/h3-4,7,13,15-17,22H,5-6,8-10,12,14,27H2,1-2H3,(H2,28,29,30,31)/t15?,16-,17+,22-,25-. The van der Waals surface area contributed by atoms with E-state index in [0.717, 1.165) is 29.5 Å². The quantitative estimate of drug-likeness (QED) is 0.561. The minimum Gasteiger partial charge on any atom is -0.497 e. The van der Waals surface area contributed by atoms with Crippen LogP contribution in [0.5, 0.6) is 11.5 Å². The molecule has 4 fully saturated rings. The van der Waals surface area contributed by atoms with Crippen molar-refractivity contribution in [1.82, 2.24) is 9.97 Å². The number of nitrogens with two attached hydrogens (primary N) is 1. The molecule has 1 heterocycles. The van der Waals surface area contributed by atoms with Gasteiger partial charge in [-0.2, -0.15) is 10.2 Å². The third kappa shape index (κ3) is 4.18. The summed E-state index contributed by atoms with van der Waals surface area (Å²) in [4.78, 5) is 8.97. The molecule has 0 radical (unpaired) electrons. The van der Waals surface area contributed by atoms with Gasteiger partial charge < -0.3 is 25.8 Å². The number of nitriles is 1. The monoisotopic (exact) mass is 448 g/mol. The second-order valence-electron chi connectivity index (χ2n) is 10.00. The number of hydrogen-bond donors (Lipinski definition) is 3. The van der Waals surface area contributed by atoms with Crippen molar-refractivity contribution >= 4 is 11.8 Å². The number of anilines is 2. The lowest BCUT2D eigenvalue weighted by Gasteiger charge is -2.59. The fourth-order valence-electron chi connectivity index (χ4n) is 6.60. The summed E-state index contributed by atoms with van der Waals surface area (Å²) in [6.07, 6.45) is 7.78. The second kappa shape index (κ2) is 8.71. The molecule has 1 aromatic carbocycles. The van der Waals surface area contributed by atoms with Gasteiger partial charge in [-0.3, -0.25) is 0 Å². The molecule has 4 aliphatic rings. The predicted octanol–water partition coefficient (Wildman–Crippen LogP) is 3.54. The van der Waals surface area contributed by atoms with Gasteiger partial charge in [0.1, 0.15) is 28.9 Å². The summed E-state index contributed by atoms with van der Waals surface area (Å²) in [6.45, 7) is 1.30. The minimum atomic E-state index is 0.269. The van der Waals surface area contributed by atoms with Crippen molar-refractivity contribution in [2.45, 2.75) is 44.7 Å². The Morgan fingerprint density at radius 1 is 1.15 bits per heavy atom. The molecule has 2 aromatic rings. The van der Waals surface area contributed by atoms with Crippen LogP contribution in [0.3, 0.4) is 0 Å². The molecule has 4 aliphatic carbocycles. The van der Waals surface area contributed by atoms with Crippen LogP contribution in [0.25, 0.3) is 0 Å². The van der Waals surface area contributed by atoms with E-state index in [1.54, 1.807) is 20.4 Å². The Bertz CT molecular complexity index is 1050. The molecule has 0 aliphatic heterocycles. The van der Waals surface area contributed by atoms with Gasteiger partial charge in [0.15, 0.2) is 0 Å². The molecule has 8 nitrogen and oxygen atoms in total. The number of rotatable bonds is 8. The molecule has 6 rings (SSSR count). The first-order chi connectivity index (χ1) is 16.0. The number of hydrogen-bond acceptors (Lipinski definition) is 8. The molecule has 0 spiro atoms. The summed E-state index contributed by atoms with van der Waals surface area (Å²) < 4.78 is 10.8. The van der Waals surface area contributed by atoms with Gasteiger partial charge in [-0.05, 0) is 73.5 Å². The van der Waals surface area contributed by atoms with Gasteiger partial charge in [0, 0.05) is 24.7 Å². The van der Waals surface area contributed by atoms with Gasteiger partial charge in [0.2, 0.25) is 5.95 Å². The van der Waals surface area contributed by atoms with Crippen LogP contribution in [0.4, 0.5) is 11.8 Å². The maximum absolute atomic E-state index is 9.60. The van der Waals surface area contributed by atoms with Crippen LogP contribution in [-0.4, -0.2) is 36.8 Å². The average Bonchev–Trinajstić information content (AvgIpc) is 2.84. The van der Waals surface area contributed by atoms with Crippen molar-refractivity contribution in [3.8, 4) is 17.6 Å². The lowest BCUT2D eigenvalue weighted by Crippen LogP contribution is -2.58. The molecule has 0 saturated heterocycles. The average molecular weight is 449 g/mol. The Morgan fingerprint density at radius 3 is 2.64 bits per heavy atom. The summed E-state index contributed by atoms with van der Waals surface area (Å²) in [7, 11) is 3.28. The summed E-state index contributed by atoms with van der Waals surface area (Å²) in [6, 6.07) is 8.25. The zero-order valence-electron chi connectivity index (χ0n) is 19.3. The van der Waals surface area contributed by atoms with Crippen LogP contribution in [0.1, 0.15) is 43.2 Å². The third-order valence-corrected chi connectivity index (χ3v) is 7.94. The summed E-state index contributed by atoms with van der Waals surface area (Å²) in [5.74, 6) is 4.67. The molecule has 0 amide bonds. The highest BCUT2D eigenvalue weighted by Gasteiger charge is 2.54. The summed E-state index contributed by atoms with van der Waals surface area (Å²) in [5.41, 5.74) is 8.17. The molecule has 33 heavy (non-hydrogen) atoms. The topological polar surface area (TPSA) is 118 Å². The predicted molar refractivity (Wildman–Crippen MR) is 126 cm³/mol. The van der Waals surface area contributed by atoms with Crippen LogP contribution in [-0.2, 0) is 6.54 Å². The van der Waals surface area contributed by atoms with Crippen molar-refractivity contribution in [1.29, 1.82) is 5.26 Å². The summed E-state index contributed by atoms with van der Waals surface area (Å²) in [5, 5.41) is 16.4. The number of benzene rings is 1. The number of ether oxygens (including phenoxy) is 2. The lowest BCUT2D eigenvalue weighted by atomic mass is 9.48. The molecule has 1 aromatic heterocycles. The fraction of sp³-hybridized carbons (Fsp3) is 0.560.